The minimum Gasteiger partial charge on any atom is -0.346 e. The van der Waals surface area contributed by atoms with Crippen LogP contribution in [0.1, 0.15) is 11.3 Å². The first kappa shape index (κ1) is 20.1. The van der Waals surface area contributed by atoms with Crippen LogP contribution < -0.4 is 5.32 Å². The van der Waals surface area contributed by atoms with Crippen molar-refractivity contribution in [3.8, 4) is 0 Å². The van der Waals surface area contributed by atoms with E-state index < -0.39 is 0 Å². The molecule has 0 aliphatic heterocycles. The van der Waals surface area contributed by atoms with Crippen LogP contribution >= 0.6 is 51.3 Å². The van der Waals surface area contributed by atoms with Gasteiger partial charge in [-0.05, 0) is 40.3 Å². The number of benzene rings is 1. The second-order valence-electron chi connectivity index (χ2n) is 5.95. The fourth-order valence-corrected chi connectivity index (χ4v) is 3.64. The van der Waals surface area contributed by atoms with E-state index >= 15 is 0 Å². The van der Waals surface area contributed by atoms with Crippen molar-refractivity contribution in [1.29, 1.82) is 0 Å². The summed E-state index contributed by atoms with van der Waals surface area (Å²) >= 11 is 21.4. The van der Waals surface area contributed by atoms with Crippen LogP contribution in [-0.2, 0) is 20.1 Å². The highest BCUT2D eigenvalue weighted by Gasteiger charge is 2.13. The summed E-state index contributed by atoms with van der Waals surface area (Å²) in [6, 6.07) is 7.29. The van der Waals surface area contributed by atoms with Gasteiger partial charge in [-0.2, -0.15) is 10.2 Å². The molecule has 0 aliphatic carbocycles. The van der Waals surface area contributed by atoms with Crippen molar-refractivity contribution in [3.05, 3.63) is 62.4 Å². The number of thiocarbonyl (C=S) groups is 1. The molecule has 1 N–H and O–H groups in total. The van der Waals surface area contributed by atoms with E-state index in [1.165, 1.54) is 0 Å². The smallest absolute Gasteiger partial charge is 0.174 e. The molecule has 0 saturated heterocycles. The third-order valence-corrected chi connectivity index (χ3v) is 5.79. The Labute approximate surface area is 181 Å². The van der Waals surface area contributed by atoms with Gasteiger partial charge in [0, 0.05) is 42.0 Å². The number of halogens is 3. The molecule has 0 saturated carbocycles. The lowest BCUT2D eigenvalue weighted by atomic mass is 10.2. The van der Waals surface area contributed by atoms with Gasteiger partial charge < -0.3 is 10.2 Å². The molecule has 2 heterocycles. The number of nitrogens with one attached hydrogen (secondary N) is 1. The summed E-state index contributed by atoms with van der Waals surface area (Å²) in [5.74, 6) is 0.652. The number of hydrogen-bond acceptors (Lipinski definition) is 3. The molecule has 0 aliphatic rings. The SMILES string of the molecule is CN(Cc1c(Br)cnn1C)C(=S)Nc1ccn(Cc2c(Cl)cccc2Cl)n1. The third-order valence-electron chi connectivity index (χ3n) is 4.00. The van der Waals surface area contributed by atoms with E-state index in [-0.39, 0.29) is 0 Å². The second-order valence-corrected chi connectivity index (χ2v) is 8.00. The molecule has 0 atom stereocenters. The molecule has 3 aromatic rings. The van der Waals surface area contributed by atoms with Crippen LogP contribution in [-0.4, -0.2) is 36.6 Å². The van der Waals surface area contributed by atoms with E-state index in [0.29, 0.717) is 34.1 Å². The predicted molar refractivity (Wildman–Crippen MR) is 116 cm³/mol. The Morgan fingerprint density at radius 3 is 2.63 bits per heavy atom. The predicted octanol–water partition coefficient (Wildman–Crippen LogP) is 4.56. The quantitative estimate of drug-likeness (QED) is 0.534. The van der Waals surface area contributed by atoms with Crippen LogP contribution in [0, 0.1) is 0 Å². The van der Waals surface area contributed by atoms with Gasteiger partial charge in [0.1, 0.15) is 0 Å². The van der Waals surface area contributed by atoms with Gasteiger partial charge in [-0.3, -0.25) is 9.36 Å². The average Bonchev–Trinajstić information content (AvgIpc) is 3.19. The van der Waals surface area contributed by atoms with E-state index in [1.54, 1.807) is 10.9 Å². The maximum absolute atomic E-state index is 6.23. The highest BCUT2D eigenvalue weighted by molar-refractivity contribution is 9.10. The Bertz CT molecular complexity index is 930. The summed E-state index contributed by atoms with van der Waals surface area (Å²) < 4.78 is 4.52. The Hall–Kier alpha value is -1.61. The molecule has 0 bridgehead atoms. The van der Waals surface area contributed by atoms with Gasteiger partial charge in [0.2, 0.25) is 0 Å². The summed E-state index contributed by atoms with van der Waals surface area (Å²) in [5, 5.41) is 13.6. The first-order valence-corrected chi connectivity index (χ1v) is 9.95. The second kappa shape index (κ2) is 8.60. The fraction of sp³-hybridized carbons (Fsp3) is 0.235. The van der Waals surface area contributed by atoms with Crippen molar-refractivity contribution in [3.63, 3.8) is 0 Å². The number of nitrogens with zero attached hydrogens (tertiary/aromatic N) is 5. The van der Waals surface area contributed by atoms with Crippen molar-refractivity contribution in [2.45, 2.75) is 13.1 Å². The van der Waals surface area contributed by atoms with Gasteiger partial charge in [-0.1, -0.05) is 29.3 Å². The Balaban J connectivity index is 1.64. The zero-order valence-corrected chi connectivity index (χ0v) is 18.6. The van der Waals surface area contributed by atoms with E-state index in [0.717, 1.165) is 15.7 Å². The average molecular weight is 488 g/mol. The molecule has 2 aromatic heterocycles. The molecule has 1 aromatic carbocycles. The van der Waals surface area contributed by atoms with Crippen molar-refractivity contribution < 1.29 is 0 Å². The Morgan fingerprint density at radius 1 is 1.30 bits per heavy atom. The van der Waals surface area contributed by atoms with Gasteiger partial charge in [0.15, 0.2) is 10.9 Å². The van der Waals surface area contributed by atoms with Gasteiger partial charge in [0.25, 0.3) is 0 Å². The number of anilines is 1. The summed E-state index contributed by atoms with van der Waals surface area (Å²) in [6.45, 7) is 1.09. The van der Waals surface area contributed by atoms with Crippen LogP contribution in [0.4, 0.5) is 5.82 Å². The summed E-state index contributed by atoms with van der Waals surface area (Å²) in [4.78, 5) is 1.92. The molecule has 10 heteroatoms. The van der Waals surface area contributed by atoms with Crippen molar-refractivity contribution in [2.75, 3.05) is 12.4 Å². The molecule has 142 valence electrons. The molecule has 3 rings (SSSR count). The molecular weight excluding hydrogens is 471 g/mol. The highest BCUT2D eigenvalue weighted by atomic mass is 79.9. The number of aryl methyl sites for hydroxylation is 1. The standard InChI is InChI=1S/C17H17BrCl2N6S/c1-24(10-15-12(18)8-21-25(15)2)17(27)22-16-6-7-26(23-16)9-11-13(19)4-3-5-14(11)20/h3-8H,9-10H2,1-2H3,(H,22,23,27). The molecular formula is C17H17BrCl2N6S. The molecule has 0 unspecified atom stereocenters. The van der Waals surface area contributed by atoms with Crippen molar-refractivity contribution >= 4 is 62.3 Å². The van der Waals surface area contributed by atoms with Crippen molar-refractivity contribution in [2.24, 2.45) is 7.05 Å². The van der Waals surface area contributed by atoms with E-state index in [2.05, 4.69) is 31.4 Å². The molecule has 6 nitrogen and oxygen atoms in total. The maximum atomic E-state index is 6.23. The Morgan fingerprint density at radius 2 is 2.00 bits per heavy atom. The molecule has 0 spiro atoms. The van der Waals surface area contributed by atoms with Crippen LogP contribution in [0.5, 0.6) is 0 Å². The summed E-state index contributed by atoms with van der Waals surface area (Å²) in [7, 11) is 3.81. The number of aromatic nitrogens is 4. The first-order chi connectivity index (χ1) is 12.8. The first-order valence-electron chi connectivity index (χ1n) is 8.00. The zero-order chi connectivity index (χ0) is 19.6. The monoisotopic (exact) mass is 486 g/mol. The molecule has 0 radical (unpaired) electrons. The zero-order valence-electron chi connectivity index (χ0n) is 14.7. The largest absolute Gasteiger partial charge is 0.346 e. The Kier molecular flexibility index (Phi) is 6.41. The van der Waals surface area contributed by atoms with Gasteiger partial charge >= 0.3 is 0 Å². The molecule has 0 amide bonds. The lowest BCUT2D eigenvalue weighted by Gasteiger charge is -2.20. The third kappa shape index (κ3) is 4.82. The normalized spacial score (nSPS) is 10.9. The van der Waals surface area contributed by atoms with Crippen LogP contribution in [0.25, 0.3) is 0 Å². The van der Waals surface area contributed by atoms with Gasteiger partial charge in [0.05, 0.1) is 29.5 Å². The van der Waals surface area contributed by atoms with Crippen LogP contribution in [0.2, 0.25) is 10.0 Å². The van der Waals surface area contributed by atoms with Gasteiger partial charge in [-0.15, -0.1) is 0 Å². The molecule has 0 fully saturated rings. The number of hydrogen-bond donors (Lipinski definition) is 1. The lowest BCUT2D eigenvalue weighted by Crippen LogP contribution is -2.31. The summed E-state index contributed by atoms with van der Waals surface area (Å²) in [5.41, 5.74) is 1.86. The lowest BCUT2D eigenvalue weighted by molar-refractivity contribution is 0.481. The summed E-state index contributed by atoms with van der Waals surface area (Å²) in [6.07, 6.45) is 3.61. The number of rotatable bonds is 5. The minimum atomic E-state index is 0.477. The van der Waals surface area contributed by atoms with Crippen molar-refractivity contribution in [1.82, 2.24) is 24.5 Å². The van der Waals surface area contributed by atoms with E-state index in [9.17, 15) is 0 Å². The topological polar surface area (TPSA) is 50.9 Å². The minimum absolute atomic E-state index is 0.477. The van der Waals surface area contributed by atoms with Gasteiger partial charge in [-0.25, -0.2) is 0 Å². The van der Waals surface area contributed by atoms with Crippen LogP contribution in [0.15, 0.2) is 41.1 Å². The molecule has 27 heavy (non-hydrogen) atoms. The maximum Gasteiger partial charge on any atom is 0.174 e. The fourth-order valence-electron chi connectivity index (χ4n) is 2.48. The van der Waals surface area contributed by atoms with E-state index in [4.69, 9.17) is 35.4 Å². The van der Waals surface area contributed by atoms with E-state index in [1.807, 2.05) is 54.1 Å². The highest BCUT2D eigenvalue weighted by Crippen LogP contribution is 2.25. The van der Waals surface area contributed by atoms with Crippen LogP contribution in [0.3, 0.4) is 0 Å².